The Labute approximate surface area is 111 Å². The molecule has 0 fully saturated rings. The van der Waals surface area contributed by atoms with Crippen molar-refractivity contribution in [3.8, 4) is 5.75 Å². The summed E-state index contributed by atoms with van der Waals surface area (Å²) in [6.07, 6.45) is 1.57. The average Bonchev–Trinajstić information content (AvgIpc) is 2.37. The lowest BCUT2D eigenvalue weighted by Crippen LogP contribution is -2.13. The number of hydrogen-bond acceptors (Lipinski definition) is 5. The molecule has 19 heavy (non-hydrogen) atoms. The van der Waals surface area contributed by atoms with E-state index in [1.165, 1.54) is 6.07 Å². The minimum absolute atomic E-state index is 0.0368. The van der Waals surface area contributed by atoms with Gasteiger partial charge in [-0.25, -0.2) is 13.6 Å². The van der Waals surface area contributed by atoms with Crippen LogP contribution in [-0.4, -0.2) is 33.7 Å². The van der Waals surface area contributed by atoms with Crippen LogP contribution in [0.1, 0.15) is 0 Å². The Morgan fingerprint density at radius 2 is 2.05 bits per heavy atom. The third-order valence-electron chi connectivity index (χ3n) is 2.54. The van der Waals surface area contributed by atoms with Crippen LogP contribution in [0.2, 0.25) is 0 Å². The van der Waals surface area contributed by atoms with Crippen molar-refractivity contribution in [1.29, 1.82) is 0 Å². The summed E-state index contributed by atoms with van der Waals surface area (Å²) in [6, 6.07) is 6.26. The van der Waals surface area contributed by atoms with Gasteiger partial charge in [0.2, 0.25) is 10.0 Å². The first-order valence-electron chi connectivity index (χ1n) is 5.56. The zero-order chi connectivity index (χ0) is 13.9. The Balaban J connectivity index is 2.52. The molecule has 102 valence electrons. The van der Waals surface area contributed by atoms with Gasteiger partial charge in [0, 0.05) is 18.7 Å². The van der Waals surface area contributed by atoms with E-state index in [0.29, 0.717) is 29.9 Å². The lowest BCUT2D eigenvalue weighted by atomic mass is 10.2. The largest absolute Gasteiger partial charge is 0.489 e. The van der Waals surface area contributed by atoms with Crippen molar-refractivity contribution in [2.24, 2.45) is 5.14 Å². The van der Waals surface area contributed by atoms with Gasteiger partial charge in [0.15, 0.2) is 0 Å². The lowest BCUT2D eigenvalue weighted by molar-refractivity contribution is 0.147. The van der Waals surface area contributed by atoms with E-state index in [1.807, 2.05) is 0 Å². The summed E-state index contributed by atoms with van der Waals surface area (Å²) in [4.78, 5) is 4.18. The van der Waals surface area contributed by atoms with Crippen molar-refractivity contribution in [3.05, 3.63) is 30.5 Å². The van der Waals surface area contributed by atoms with Gasteiger partial charge in [-0.15, -0.1) is 0 Å². The fraction of sp³-hybridized carbons (Fsp3) is 0.250. The molecule has 0 saturated heterocycles. The van der Waals surface area contributed by atoms with Crippen molar-refractivity contribution in [2.45, 2.75) is 4.90 Å². The third kappa shape index (κ3) is 3.01. The molecule has 2 N–H and O–H groups in total. The van der Waals surface area contributed by atoms with Gasteiger partial charge < -0.3 is 9.47 Å². The van der Waals surface area contributed by atoms with Gasteiger partial charge in [0.25, 0.3) is 0 Å². The second-order valence-electron chi connectivity index (χ2n) is 3.85. The molecule has 2 rings (SSSR count). The molecule has 7 heteroatoms. The molecule has 0 bridgehead atoms. The fourth-order valence-corrected chi connectivity index (χ4v) is 2.45. The first-order valence-corrected chi connectivity index (χ1v) is 7.11. The van der Waals surface area contributed by atoms with E-state index in [0.717, 1.165) is 0 Å². The normalized spacial score (nSPS) is 11.7. The lowest BCUT2D eigenvalue weighted by Gasteiger charge is -2.10. The van der Waals surface area contributed by atoms with Gasteiger partial charge in [0.1, 0.15) is 17.9 Å². The maximum absolute atomic E-state index is 11.5. The minimum Gasteiger partial charge on any atom is -0.489 e. The van der Waals surface area contributed by atoms with Crippen LogP contribution < -0.4 is 9.88 Å². The Bertz CT molecular complexity index is 685. The van der Waals surface area contributed by atoms with Crippen LogP contribution in [0.15, 0.2) is 35.4 Å². The Morgan fingerprint density at radius 1 is 1.26 bits per heavy atom. The van der Waals surface area contributed by atoms with E-state index >= 15 is 0 Å². The highest BCUT2D eigenvalue weighted by atomic mass is 32.2. The highest BCUT2D eigenvalue weighted by Gasteiger charge is 2.15. The predicted molar refractivity (Wildman–Crippen MR) is 70.5 cm³/mol. The number of fused-ring (bicyclic) bond motifs is 1. The maximum Gasteiger partial charge on any atom is 0.238 e. The number of nitrogens with zero attached hydrogens (tertiary/aromatic N) is 1. The summed E-state index contributed by atoms with van der Waals surface area (Å²) in [7, 11) is -2.22. The number of methoxy groups -OCH3 is 1. The smallest absolute Gasteiger partial charge is 0.238 e. The monoisotopic (exact) mass is 282 g/mol. The first-order chi connectivity index (χ1) is 9.04. The van der Waals surface area contributed by atoms with Crippen LogP contribution in [0.25, 0.3) is 10.9 Å². The van der Waals surface area contributed by atoms with Crippen LogP contribution >= 0.6 is 0 Å². The zero-order valence-corrected chi connectivity index (χ0v) is 11.2. The molecular weight excluding hydrogens is 268 g/mol. The molecular formula is C12H14N2O4S. The molecule has 2 aromatic rings. The quantitative estimate of drug-likeness (QED) is 0.823. The topological polar surface area (TPSA) is 91.5 Å². The molecule has 0 amide bonds. The molecule has 1 heterocycles. The van der Waals surface area contributed by atoms with Gasteiger partial charge in [-0.1, -0.05) is 0 Å². The second-order valence-corrected chi connectivity index (χ2v) is 5.38. The van der Waals surface area contributed by atoms with E-state index in [2.05, 4.69) is 4.98 Å². The van der Waals surface area contributed by atoms with Crippen LogP contribution in [0.3, 0.4) is 0 Å². The van der Waals surface area contributed by atoms with Gasteiger partial charge in [0.05, 0.1) is 11.5 Å². The fourth-order valence-electron chi connectivity index (χ4n) is 1.72. The van der Waals surface area contributed by atoms with Crippen LogP contribution in [0.5, 0.6) is 5.75 Å². The summed E-state index contributed by atoms with van der Waals surface area (Å²) in [5, 5.41) is 5.62. The summed E-state index contributed by atoms with van der Waals surface area (Å²) >= 11 is 0. The molecule has 0 atom stereocenters. The summed E-state index contributed by atoms with van der Waals surface area (Å²) in [5.41, 5.74) is 0.463. The highest BCUT2D eigenvalue weighted by Crippen LogP contribution is 2.28. The Kier molecular flexibility index (Phi) is 3.98. The molecule has 0 spiro atoms. The van der Waals surface area contributed by atoms with Crippen molar-refractivity contribution >= 4 is 20.9 Å². The third-order valence-corrected chi connectivity index (χ3v) is 3.51. The Hall–Kier alpha value is -1.70. The molecule has 0 aliphatic heterocycles. The van der Waals surface area contributed by atoms with E-state index in [-0.39, 0.29) is 4.90 Å². The molecule has 6 nitrogen and oxygen atoms in total. The number of nitrogens with two attached hydrogens (primary N) is 1. The number of benzene rings is 1. The molecule has 0 radical (unpaired) electrons. The number of aromatic nitrogens is 1. The summed E-state index contributed by atoms with van der Waals surface area (Å²) in [5.74, 6) is 0.500. The molecule has 0 aliphatic rings. The number of rotatable bonds is 5. The van der Waals surface area contributed by atoms with Gasteiger partial charge in [-0.05, 0) is 24.3 Å². The molecule has 0 unspecified atom stereocenters. The van der Waals surface area contributed by atoms with Crippen LogP contribution in [-0.2, 0) is 14.8 Å². The van der Waals surface area contributed by atoms with Gasteiger partial charge in [-0.3, -0.25) is 4.98 Å². The number of sulfonamides is 1. The summed E-state index contributed by atoms with van der Waals surface area (Å²) in [6.45, 7) is 0.794. The van der Waals surface area contributed by atoms with Crippen LogP contribution in [0, 0.1) is 0 Å². The van der Waals surface area contributed by atoms with Crippen LogP contribution in [0.4, 0.5) is 0 Å². The molecule has 0 saturated carbocycles. The summed E-state index contributed by atoms with van der Waals surface area (Å²) < 4.78 is 33.4. The van der Waals surface area contributed by atoms with Gasteiger partial charge in [-0.2, -0.15) is 0 Å². The first kappa shape index (κ1) is 13.7. The van der Waals surface area contributed by atoms with Gasteiger partial charge >= 0.3 is 0 Å². The highest BCUT2D eigenvalue weighted by molar-refractivity contribution is 7.89. The standard InChI is InChI=1S/C12H14N2O4S/c1-17-7-8-18-10-4-5-11(19(13,15)16)9-3-2-6-14-12(9)10/h2-6H,7-8H2,1H3,(H2,13,15,16). The number of primary sulfonamides is 1. The predicted octanol–water partition coefficient (Wildman–Crippen LogP) is 0.907. The van der Waals surface area contributed by atoms with E-state index in [4.69, 9.17) is 14.6 Å². The molecule has 0 aliphatic carbocycles. The van der Waals surface area contributed by atoms with E-state index in [1.54, 1.807) is 31.5 Å². The molecule has 1 aromatic heterocycles. The number of ether oxygens (including phenoxy) is 2. The second kappa shape index (κ2) is 5.52. The SMILES string of the molecule is COCCOc1ccc(S(N)(=O)=O)c2cccnc12. The Morgan fingerprint density at radius 3 is 2.74 bits per heavy atom. The number of hydrogen-bond donors (Lipinski definition) is 1. The van der Waals surface area contributed by atoms with Crippen molar-refractivity contribution in [2.75, 3.05) is 20.3 Å². The molecule has 1 aromatic carbocycles. The van der Waals surface area contributed by atoms with E-state index in [9.17, 15) is 8.42 Å². The maximum atomic E-state index is 11.5. The zero-order valence-electron chi connectivity index (χ0n) is 10.4. The van der Waals surface area contributed by atoms with Crippen molar-refractivity contribution < 1.29 is 17.9 Å². The van der Waals surface area contributed by atoms with Crippen molar-refractivity contribution in [1.82, 2.24) is 4.98 Å². The van der Waals surface area contributed by atoms with E-state index < -0.39 is 10.0 Å². The average molecular weight is 282 g/mol. The van der Waals surface area contributed by atoms with Crippen molar-refractivity contribution in [3.63, 3.8) is 0 Å². The number of pyridine rings is 1. The minimum atomic E-state index is -3.79.